The summed E-state index contributed by atoms with van der Waals surface area (Å²) >= 11 is 1.45. The largest absolute Gasteiger partial charge is 0.487 e. The molecule has 2 heterocycles. The van der Waals surface area contributed by atoms with Gasteiger partial charge in [0.25, 0.3) is 0 Å². The van der Waals surface area contributed by atoms with Crippen LogP contribution < -0.4 is 20.1 Å². The van der Waals surface area contributed by atoms with Crippen LogP contribution in [0.25, 0.3) is 11.1 Å². The van der Waals surface area contributed by atoms with Gasteiger partial charge in [-0.2, -0.15) is 0 Å². The third kappa shape index (κ3) is 9.94. The van der Waals surface area contributed by atoms with Crippen LogP contribution in [0.2, 0.25) is 0 Å². The van der Waals surface area contributed by atoms with E-state index in [9.17, 15) is 19.5 Å². The molecule has 1 aromatic heterocycles. The van der Waals surface area contributed by atoms with E-state index in [1.165, 1.54) is 36.5 Å². The average Bonchev–Trinajstić information content (AvgIpc) is 3.59. The van der Waals surface area contributed by atoms with Gasteiger partial charge in [-0.25, -0.2) is 14.2 Å². The summed E-state index contributed by atoms with van der Waals surface area (Å²) in [5, 5.41) is 18.0. The second kappa shape index (κ2) is 17.3. The Morgan fingerprint density at radius 1 is 1.00 bits per heavy atom. The molecule has 0 unspecified atom stereocenters. The third-order valence-corrected chi connectivity index (χ3v) is 8.92. The fourth-order valence-electron chi connectivity index (χ4n) is 5.75. The van der Waals surface area contributed by atoms with Gasteiger partial charge < -0.3 is 34.7 Å². The molecule has 0 saturated carbocycles. The van der Waals surface area contributed by atoms with Gasteiger partial charge in [-0.15, -0.1) is 11.3 Å². The number of halogens is 1. The molecule has 4 aromatic rings. The molecule has 13 heteroatoms. The van der Waals surface area contributed by atoms with Gasteiger partial charge in [0.2, 0.25) is 5.91 Å². The van der Waals surface area contributed by atoms with Crippen molar-refractivity contribution in [2.24, 2.45) is 0 Å². The number of Topliss-reactive ketones (excluding diaryl/α,β-unsaturated/α-hetero) is 1. The monoisotopic (exact) mass is 705 g/mol. The van der Waals surface area contributed by atoms with E-state index in [2.05, 4.69) is 15.6 Å². The average molecular weight is 706 g/mol. The number of ether oxygens (including phenoxy) is 4. The summed E-state index contributed by atoms with van der Waals surface area (Å²) in [6.07, 6.45) is 2.89. The van der Waals surface area contributed by atoms with Crippen molar-refractivity contribution in [3.63, 3.8) is 0 Å². The maximum atomic E-state index is 15.4. The lowest BCUT2D eigenvalue weighted by Gasteiger charge is -2.37. The minimum Gasteiger partial charge on any atom is -0.487 e. The van der Waals surface area contributed by atoms with Crippen LogP contribution in [0, 0.1) is 5.82 Å². The van der Waals surface area contributed by atoms with E-state index in [1.54, 1.807) is 30.5 Å². The van der Waals surface area contributed by atoms with E-state index < -0.39 is 17.3 Å². The summed E-state index contributed by atoms with van der Waals surface area (Å²) in [5.74, 6) is -0.628. The van der Waals surface area contributed by atoms with E-state index >= 15 is 4.39 Å². The highest BCUT2D eigenvalue weighted by atomic mass is 32.1. The zero-order chi connectivity index (χ0) is 35.5. The smallest absolute Gasteiger partial charge is 0.335 e. The molecule has 0 bridgehead atoms. The van der Waals surface area contributed by atoms with Crippen LogP contribution >= 0.6 is 11.3 Å². The first-order chi connectivity index (χ1) is 24.1. The van der Waals surface area contributed by atoms with Gasteiger partial charge in [-0.1, -0.05) is 12.1 Å². The Hall–Kier alpha value is -4.69. The maximum Gasteiger partial charge on any atom is 0.335 e. The number of aromatic nitrogens is 1. The van der Waals surface area contributed by atoms with Crippen LogP contribution in [0.3, 0.4) is 0 Å². The Morgan fingerprint density at radius 3 is 2.46 bits per heavy atom. The van der Waals surface area contributed by atoms with Crippen LogP contribution in [0.1, 0.15) is 46.8 Å². The number of carboxylic acid groups (broad SMARTS) is 1. The van der Waals surface area contributed by atoms with Crippen molar-refractivity contribution in [3.8, 4) is 28.4 Å². The number of nitrogens with zero attached hydrogens (tertiary/aromatic N) is 1. The molecule has 0 spiro atoms. The Bertz CT molecular complexity index is 1780. The number of carboxylic acids is 1. The highest BCUT2D eigenvalue weighted by Crippen LogP contribution is 2.42. The zero-order valence-electron chi connectivity index (χ0n) is 28.0. The second-order valence-corrected chi connectivity index (χ2v) is 12.9. The number of carbonyl (C=O) groups excluding carboxylic acids is 2. The number of thiazole rings is 1. The Balaban J connectivity index is 1.32. The molecule has 5 rings (SSSR count). The summed E-state index contributed by atoms with van der Waals surface area (Å²) in [4.78, 5) is 39.6. The maximum absolute atomic E-state index is 15.4. The van der Waals surface area contributed by atoms with Crippen molar-refractivity contribution in [1.82, 2.24) is 15.6 Å². The molecular weight excluding hydrogens is 665 g/mol. The minimum atomic E-state index is -1.06. The lowest BCUT2D eigenvalue weighted by Crippen LogP contribution is -2.46. The van der Waals surface area contributed by atoms with Gasteiger partial charge in [0.1, 0.15) is 24.0 Å². The van der Waals surface area contributed by atoms with E-state index in [-0.39, 0.29) is 49.1 Å². The molecule has 1 aliphatic heterocycles. The molecule has 50 heavy (non-hydrogen) atoms. The summed E-state index contributed by atoms with van der Waals surface area (Å²) in [6.45, 7) is 6.13. The molecule has 3 aromatic carbocycles. The SMILES string of the molecule is CC(=O)NCCOCCOCCOc1cc2c(cc1Oc1ccc(-c3ccc(C(=O)O)cc3)c(F)c1)[C@@](C)(CC(=O)Cc1nccs1)NCC2. The van der Waals surface area contributed by atoms with Gasteiger partial charge in [-0.05, 0) is 66.4 Å². The molecule has 1 amide bonds. The summed E-state index contributed by atoms with van der Waals surface area (Å²) in [6, 6.07) is 14.2. The van der Waals surface area contributed by atoms with E-state index in [0.29, 0.717) is 62.0 Å². The molecular formula is C37H40FN3O8S. The number of rotatable bonds is 18. The highest BCUT2D eigenvalue weighted by Gasteiger charge is 2.35. The Kier molecular flexibility index (Phi) is 12.7. The Morgan fingerprint density at radius 2 is 1.76 bits per heavy atom. The number of hydrogen-bond donors (Lipinski definition) is 3. The lowest BCUT2D eigenvalue weighted by molar-refractivity contribution is -0.120. The van der Waals surface area contributed by atoms with Gasteiger partial charge >= 0.3 is 5.97 Å². The number of ketones is 1. The molecule has 0 saturated heterocycles. The minimum absolute atomic E-state index is 0.0517. The molecule has 264 valence electrons. The van der Waals surface area contributed by atoms with Crippen molar-refractivity contribution in [3.05, 3.63) is 93.7 Å². The first-order valence-electron chi connectivity index (χ1n) is 16.3. The molecule has 0 fully saturated rings. The van der Waals surface area contributed by atoms with Crippen molar-refractivity contribution in [2.45, 2.75) is 38.6 Å². The number of fused-ring (bicyclic) bond motifs is 1. The number of hydrogen-bond acceptors (Lipinski definition) is 10. The molecule has 3 N–H and O–H groups in total. The predicted octanol–water partition coefficient (Wildman–Crippen LogP) is 5.55. The zero-order valence-corrected chi connectivity index (χ0v) is 28.8. The quantitative estimate of drug-likeness (QED) is 0.113. The predicted molar refractivity (Wildman–Crippen MR) is 186 cm³/mol. The van der Waals surface area contributed by atoms with E-state index in [0.717, 1.165) is 16.1 Å². The van der Waals surface area contributed by atoms with Crippen molar-refractivity contribution < 1.29 is 42.8 Å². The standard InChI is InChI=1S/C37H40FN3O8S/c1-24(42)39-11-13-46-14-15-47-16-17-48-33-19-27-9-10-41-37(2,23-28(43)20-35-40-12-18-50-35)31(27)22-34(33)49-29-7-8-30(32(38)21-29)25-3-5-26(6-4-25)36(44)45/h3-8,12,18-19,21-22,41H,9-11,13-17,20,23H2,1-2H3,(H,39,42)(H,44,45)/t37-/m1/s1. The van der Waals surface area contributed by atoms with Crippen LogP contribution in [0.5, 0.6) is 17.2 Å². The summed E-state index contributed by atoms with van der Waals surface area (Å²) < 4.78 is 38.9. The van der Waals surface area contributed by atoms with Gasteiger partial charge in [-0.3, -0.25) is 9.59 Å². The molecule has 1 aliphatic rings. The van der Waals surface area contributed by atoms with Crippen LogP contribution in [0.4, 0.5) is 4.39 Å². The molecule has 1 atom stereocenters. The van der Waals surface area contributed by atoms with Crippen molar-refractivity contribution in [1.29, 1.82) is 0 Å². The lowest BCUT2D eigenvalue weighted by atomic mass is 9.79. The van der Waals surface area contributed by atoms with Gasteiger partial charge in [0.15, 0.2) is 11.5 Å². The number of aromatic carboxylic acids is 1. The molecule has 0 radical (unpaired) electrons. The second-order valence-electron chi connectivity index (χ2n) is 12.0. The molecule has 0 aliphatic carbocycles. The third-order valence-electron chi connectivity index (χ3n) is 8.14. The van der Waals surface area contributed by atoms with E-state index in [4.69, 9.17) is 18.9 Å². The van der Waals surface area contributed by atoms with Crippen molar-refractivity contribution in [2.75, 3.05) is 46.1 Å². The number of carbonyl (C=O) groups is 3. The number of nitrogens with one attached hydrogen (secondary N) is 2. The summed E-state index contributed by atoms with van der Waals surface area (Å²) in [5.41, 5.74) is 2.15. The van der Waals surface area contributed by atoms with Gasteiger partial charge in [0, 0.05) is 55.2 Å². The summed E-state index contributed by atoms with van der Waals surface area (Å²) in [7, 11) is 0. The van der Waals surface area contributed by atoms with Crippen LogP contribution in [-0.4, -0.2) is 73.9 Å². The topological polar surface area (TPSA) is 145 Å². The fourth-order valence-corrected chi connectivity index (χ4v) is 6.40. The first-order valence-corrected chi connectivity index (χ1v) is 17.2. The molecule has 11 nitrogen and oxygen atoms in total. The number of amides is 1. The first kappa shape index (κ1) is 36.6. The fraction of sp³-hybridized carbons (Fsp3) is 0.351. The number of benzene rings is 3. The van der Waals surface area contributed by atoms with E-state index in [1.807, 2.05) is 24.4 Å². The normalized spacial score (nSPS) is 15.3. The van der Waals surface area contributed by atoms with Crippen LogP contribution in [-0.2, 0) is 37.4 Å². The van der Waals surface area contributed by atoms with Crippen LogP contribution in [0.15, 0.2) is 66.2 Å². The Labute approximate surface area is 293 Å². The van der Waals surface area contributed by atoms with Crippen molar-refractivity contribution >= 4 is 29.0 Å². The highest BCUT2D eigenvalue weighted by molar-refractivity contribution is 7.09. The van der Waals surface area contributed by atoms with Gasteiger partial charge in [0.05, 0.1) is 43.4 Å².